The van der Waals surface area contributed by atoms with Crippen LogP contribution in [0.5, 0.6) is 0 Å². The first kappa shape index (κ1) is 23.2. The molecule has 0 radical (unpaired) electrons. The summed E-state index contributed by atoms with van der Waals surface area (Å²) in [5, 5.41) is 0. The average Bonchev–Trinajstić information content (AvgIpc) is 2.84. The molecule has 1 unspecified atom stereocenters. The molecule has 0 bridgehead atoms. The molecular formula is C29H30BrNO3. The lowest BCUT2D eigenvalue weighted by Crippen LogP contribution is -2.39. The Balaban J connectivity index is 1.53. The summed E-state index contributed by atoms with van der Waals surface area (Å²) in [6.07, 6.45) is 6.34. The Kier molecular flexibility index (Phi) is 6.82. The number of halogens is 1. The van der Waals surface area contributed by atoms with Gasteiger partial charge >= 0.3 is 5.97 Å². The van der Waals surface area contributed by atoms with Gasteiger partial charge in [-0.25, -0.2) is 0 Å². The molecule has 5 heteroatoms. The van der Waals surface area contributed by atoms with Gasteiger partial charge in [0.1, 0.15) is 12.0 Å². The quantitative estimate of drug-likeness (QED) is 0.412. The molecular weight excluding hydrogens is 490 g/mol. The number of benzene rings is 2. The van der Waals surface area contributed by atoms with Crippen molar-refractivity contribution in [3.63, 3.8) is 0 Å². The maximum atomic E-state index is 13.7. The standard InChI is InChI=1S/C29H30BrNO3/c1-18-26(29(33)34-23-13-6-3-7-14-23)27(20-11-8-12-22(30)15-20)28-24(31-18)16-21(17-25(28)32)19-9-4-2-5-10-19/h2,4-5,8-12,15,21,23,26-27H,3,6-7,13-14,16-17H2,1H3/t21-,26?,27+/m0/s1. The third kappa shape index (κ3) is 4.68. The molecule has 34 heavy (non-hydrogen) atoms. The Morgan fingerprint density at radius 2 is 1.71 bits per heavy atom. The topological polar surface area (TPSA) is 55.7 Å². The molecule has 1 aliphatic heterocycles. The lowest BCUT2D eigenvalue weighted by atomic mass is 9.69. The zero-order valence-corrected chi connectivity index (χ0v) is 21.1. The lowest BCUT2D eigenvalue weighted by Gasteiger charge is -2.37. The lowest BCUT2D eigenvalue weighted by molar-refractivity contribution is -0.153. The van der Waals surface area contributed by atoms with Crippen LogP contribution in [0.25, 0.3) is 0 Å². The van der Waals surface area contributed by atoms with E-state index in [4.69, 9.17) is 9.73 Å². The van der Waals surface area contributed by atoms with E-state index in [0.717, 1.165) is 52.7 Å². The molecule has 0 aromatic heterocycles. The highest BCUT2D eigenvalue weighted by Crippen LogP contribution is 2.47. The average molecular weight is 520 g/mol. The van der Waals surface area contributed by atoms with Crippen LogP contribution in [0.3, 0.4) is 0 Å². The second kappa shape index (κ2) is 9.99. The van der Waals surface area contributed by atoms with Gasteiger partial charge in [0.15, 0.2) is 5.78 Å². The molecule has 176 valence electrons. The molecule has 0 saturated heterocycles. The van der Waals surface area contributed by atoms with E-state index >= 15 is 0 Å². The van der Waals surface area contributed by atoms with Gasteiger partial charge in [-0.1, -0.05) is 64.8 Å². The zero-order valence-electron chi connectivity index (χ0n) is 19.5. The first-order valence-electron chi connectivity index (χ1n) is 12.3. The van der Waals surface area contributed by atoms with Gasteiger partial charge in [-0.3, -0.25) is 14.6 Å². The van der Waals surface area contributed by atoms with Gasteiger partial charge in [0.05, 0.1) is 0 Å². The number of hydrogen-bond acceptors (Lipinski definition) is 4. The Morgan fingerprint density at radius 3 is 2.44 bits per heavy atom. The van der Waals surface area contributed by atoms with Crippen molar-refractivity contribution in [3.05, 3.63) is 81.5 Å². The number of aliphatic imine (C=N–C) groups is 1. The van der Waals surface area contributed by atoms with Gasteiger partial charge in [-0.15, -0.1) is 0 Å². The number of carbonyl (C=O) groups excluding carboxylic acids is 2. The minimum atomic E-state index is -0.577. The Morgan fingerprint density at radius 1 is 0.971 bits per heavy atom. The van der Waals surface area contributed by atoms with Crippen LogP contribution in [-0.4, -0.2) is 23.6 Å². The van der Waals surface area contributed by atoms with Crippen LogP contribution in [0.4, 0.5) is 0 Å². The number of hydrogen-bond donors (Lipinski definition) is 0. The molecule has 2 aliphatic carbocycles. The van der Waals surface area contributed by atoms with Crippen LogP contribution in [0.15, 0.2) is 75.3 Å². The number of nitrogens with zero attached hydrogens (tertiary/aromatic N) is 1. The Hall–Kier alpha value is -2.53. The number of Topliss-reactive ketones (excluding diaryl/α,β-unsaturated/α-hetero) is 1. The fraction of sp³-hybridized carbons (Fsp3) is 0.414. The second-order valence-electron chi connectivity index (χ2n) is 9.76. The van der Waals surface area contributed by atoms with E-state index in [1.165, 1.54) is 6.42 Å². The molecule has 2 aromatic carbocycles. The number of allylic oxidation sites excluding steroid dienone is 2. The summed E-state index contributed by atoms with van der Waals surface area (Å²) in [6, 6.07) is 18.1. The van der Waals surface area contributed by atoms with E-state index in [0.29, 0.717) is 18.4 Å². The summed E-state index contributed by atoms with van der Waals surface area (Å²) in [5.41, 5.74) is 4.38. The van der Waals surface area contributed by atoms with Gasteiger partial charge < -0.3 is 4.74 Å². The molecule has 0 amide bonds. The van der Waals surface area contributed by atoms with Crippen molar-refractivity contribution in [2.24, 2.45) is 10.9 Å². The van der Waals surface area contributed by atoms with Gasteiger partial charge in [0.2, 0.25) is 0 Å². The number of esters is 1. The summed E-state index contributed by atoms with van der Waals surface area (Å²) >= 11 is 3.58. The molecule has 3 atom stereocenters. The summed E-state index contributed by atoms with van der Waals surface area (Å²) in [6.45, 7) is 1.91. The molecule has 0 spiro atoms. The SMILES string of the molecule is CC1=NC2=C(C(=O)C[C@@H](c3ccccc3)C2)[C@H](c2cccc(Br)c2)C1C(=O)OC1CCCCC1. The van der Waals surface area contributed by atoms with E-state index in [1.54, 1.807) is 0 Å². The molecule has 2 aromatic rings. The van der Waals surface area contributed by atoms with Crippen molar-refractivity contribution >= 4 is 33.4 Å². The van der Waals surface area contributed by atoms with Crippen LogP contribution in [-0.2, 0) is 14.3 Å². The molecule has 3 aliphatic rings. The van der Waals surface area contributed by atoms with E-state index in [2.05, 4.69) is 28.1 Å². The Labute approximate surface area is 209 Å². The first-order chi connectivity index (χ1) is 16.5. The van der Waals surface area contributed by atoms with Crippen molar-refractivity contribution in [2.75, 3.05) is 0 Å². The molecule has 5 rings (SSSR count). The van der Waals surface area contributed by atoms with Gasteiger partial charge in [-0.2, -0.15) is 0 Å². The number of rotatable bonds is 4. The van der Waals surface area contributed by atoms with E-state index in [-0.39, 0.29) is 29.7 Å². The summed E-state index contributed by atoms with van der Waals surface area (Å²) in [4.78, 5) is 32.1. The Bertz CT molecular complexity index is 1150. The van der Waals surface area contributed by atoms with Crippen LogP contribution in [0.1, 0.15) is 74.8 Å². The highest BCUT2D eigenvalue weighted by molar-refractivity contribution is 9.10. The third-order valence-electron chi connectivity index (χ3n) is 7.46. The molecule has 1 heterocycles. The highest BCUT2D eigenvalue weighted by Gasteiger charge is 2.45. The van der Waals surface area contributed by atoms with Gasteiger partial charge in [-0.05, 0) is 68.2 Å². The molecule has 0 N–H and O–H groups in total. The largest absolute Gasteiger partial charge is 0.462 e. The van der Waals surface area contributed by atoms with E-state index in [9.17, 15) is 9.59 Å². The monoisotopic (exact) mass is 519 g/mol. The normalized spacial score (nSPS) is 25.5. The molecule has 1 fully saturated rings. The molecule has 1 saturated carbocycles. The number of ether oxygens (including phenoxy) is 1. The van der Waals surface area contributed by atoms with Crippen molar-refractivity contribution in [2.45, 2.75) is 69.8 Å². The number of carbonyl (C=O) groups is 2. The predicted octanol–water partition coefficient (Wildman–Crippen LogP) is 6.90. The van der Waals surface area contributed by atoms with Crippen LogP contribution in [0, 0.1) is 5.92 Å². The smallest absolute Gasteiger partial charge is 0.315 e. The maximum absolute atomic E-state index is 13.7. The van der Waals surface area contributed by atoms with Crippen molar-refractivity contribution < 1.29 is 14.3 Å². The predicted molar refractivity (Wildman–Crippen MR) is 137 cm³/mol. The molecule has 4 nitrogen and oxygen atoms in total. The second-order valence-corrected chi connectivity index (χ2v) is 10.7. The minimum Gasteiger partial charge on any atom is -0.462 e. The van der Waals surface area contributed by atoms with Crippen LogP contribution < -0.4 is 0 Å². The summed E-state index contributed by atoms with van der Waals surface area (Å²) in [7, 11) is 0. The van der Waals surface area contributed by atoms with Crippen molar-refractivity contribution in [1.82, 2.24) is 0 Å². The van der Waals surface area contributed by atoms with Gasteiger partial charge in [0.25, 0.3) is 0 Å². The first-order valence-corrected chi connectivity index (χ1v) is 13.1. The summed E-state index contributed by atoms with van der Waals surface area (Å²) < 4.78 is 6.95. The number of ketones is 1. The zero-order chi connectivity index (χ0) is 23.7. The minimum absolute atomic E-state index is 0.0305. The van der Waals surface area contributed by atoms with Crippen LogP contribution >= 0.6 is 15.9 Å². The van der Waals surface area contributed by atoms with Gasteiger partial charge in [0, 0.05) is 33.8 Å². The highest BCUT2D eigenvalue weighted by atomic mass is 79.9. The maximum Gasteiger partial charge on any atom is 0.315 e. The van der Waals surface area contributed by atoms with E-state index in [1.807, 2.05) is 49.4 Å². The van der Waals surface area contributed by atoms with Crippen LogP contribution in [0.2, 0.25) is 0 Å². The summed E-state index contributed by atoms with van der Waals surface area (Å²) in [5.74, 6) is -0.995. The van der Waals surface area contributed by atoms with E-state index < -0.39 is 5.92 Å². The fourth-order valence-electron chi connectivity index (χ4n) is 5.81. The van der Waals surface area contributed by atoms with Crippen molar-refractivity contribution in [3.8, 4) is 0 Å². The third-order valence-corrected chi connectivity index (χ3v) is 7.95. The fourth-order valence-corrected chi connectivity index (χ4v) is 6.22. The van der Waals surface area contributed by atoms with Crippen molar-refractivity contribution in [1.29, 1.82) is 0 Å².